The van der Waals surface area contributed by atoms with Gasteiger partial charge in [0, 0.05) is 19.1 Å². The van der Waals surface area contributed by atoms with Gasteiger partial charge in [-0.25, -0.2) is 8.78 Å². The summed E-state index contributed by atoms with van der Waals surface area (Å²) in [5, 5.41) is 8.44. The first kappa shape index (κ1) is 12.6. The van der Waals surface area contributed by atoms with E-state index in [1.165, 1.54) is 19.2 Å². The van der Waals surface area contributed by atoms with E-state index in [1.807, 2.05) is 0 Å². The average molecular weight is 230 g/mol. The van der Waals surface area contributed by atoms with E-state index in [9.17, 15) is 13.6 Å². The molecule has 0 aliphatic carbocycles. The minimum atomic E-state index is -1.04. The van der Waals surface area contributed by atoms with Crippen LogP contribution < -0.4 is 0 Å². The fraction of sp³-hybridized carbons (Fsp3) is 0.364. The minimum Gasteiger partial charge on any atom is -0.481 e. The number of aryl methyl sites for hydroxylation is 1. The van der Waals surface area contributed by atoms with E-state index in [0.717, 1.165) is 0 Å². The highest BCUT2D eigenvalue weighted by atomic mass is 19.2. The minimum absolute atomic E-state index is 0.0119. The summed E-state index contributed by atoms with van der Waals surface area (Å²) < 4.78 is 31.5. The van der Waals surface area contributed by atoms with Crippen molar-refractivity contribution in [1.29, 1.82) is 0 Å². The first-order valence-corrected chi connectivity index (χ1v) is 4.72. The number of ether oxygens (including phenoxy) is 1. The molecule has 1 N–H and O–H groups in total. The maximum Gasteiger partial charge on any atom is 0.303 e. The van der Waals surface area contributed by atoms with Crippen LogP contribution in [0.3, 0.4) is 0 Å². The molecule has 0 amide bonds. The van der Waals surface area contributed by atoms with E-state index in [0.29, 0.717) is 0 Å². The number of carbonyl (C=O) groups is 1. The van der Waals surface area contributed by atoms with E-state index >= 15 is 0 Å². The lowest BCUT2D eigenvalue weighted by atomic mass is 10.1. The van der Waals surface area contributed by atoms with E-state index in [4.69, 9.17) is 9.84 Å². The Morgan fingerprint density at radius 1 is 1.31 bits per heavy atom. The Morgan fingerprint density at radius 2 is 1.88 bits per heavy atom. The highest BCUT2D eigenvalue weighted by Gasteiger charge is 2.13. The van der Waals surface area contributed by atoms with Gasteiger partial charge in [0.25, 0.3) is 0 Å². The quantitative estimate of drug-likeness (QED) is 0.842. The van der Waals surface area contributed by atoms with Crippen molar-refractivity contribution in [2.45, 2.75) is 19.4 Å². The molecule has 5 heteroatoms. The normalized spacial score (nSPS) is 10.4. The second kappa shape index (κ2) is 5.55. The third-order valence-corrected chi connectivity index (χ3v) is 2.15. The van der Waals surface area contributed by atoms with Crippen LogP contribution in [0.5, 0.6) is 0 Å². The Bertz CT molecular complexity index is 391. The van der Waals surface area contributed by atoms with Crippen molar-refractivity contribution in [1.82, 2.24) is 0 Å². The molecule has 0 heterocycles. The van der Waals surface area contributed by atoms with Crippen LogP contribution in [0, 0.1) is 11.6 Å². The topological polar surface area (TPSA) is 46.5 Å². The predicted octanol–water partition coefficient (Wildman–Crippen LogP) is 2.13. The Labute approximate surface area is 91.7 Å². The lowest BCUT2D eigenvalue weighted by molar-refractivity contribution is -0.136. The molecule has 1 aromatic carbocycles. The Kier molecular flexibility index (Phi) is 4.37. The van der Waals surface area contributed by atoms with Crippen molar-refractivity contribution in [3.63, 3.8) is 0 Å². The molecule has 0 bridgehead atoms. The lowest BCUT2D eigenvalue weighted by Crippen LogP contribution is -2.03. The number of carboxylic acids is 1. The van der Waals surface area contributed by atoms with Gasteiger partial charge in [-0.05, 0) is 12.0 Å². The van der Waals surface area contributed by atoms with Gasteiger partial charge in [-0.15, -0.1) is 0 Å². The Hall–Kier alpha value is -1.49. The third-order valence-electron chi connectivity index (χ3n) is 2.15. The number of hydrogen-bond donors (Lipinski definition) is 1. The van der Waals surface area contributed by atoms with Crippen LogP contribution in [0.4, 0.5) is 8.78 Å². The zero-order valence-corrected chi connectivity index (χ0v) is 8.80. The molecule has 88 valence electrons. The summed E-state index contributed by atoms with van der Waals surface area (Å²) in [6.07, 6.45) is -0.245. The highest BCUT2D eigenvalue weighted by Crippen LogP contribution is 2.18. The number of hydrogen-bond acceptors (Lipinski definition) is 2. The summed E-state index contributed by atoms with van der Waals surface area (Å²) in [6.45, 7) is -0.0119. The smallest absolute Gasteiger partial charge is 0.303 e. The van der Waals surface area contributed by atoms with E-state index < -0.39 is 17.6 Å². The van der Waals surface area contributed by atoms with Crippen LogP contribution in [0.1, 0.15) is 17.5 Å². The molecule has 0 saturated heterocycles. The molecule has 0 aliphatic rings. The highest BCUT2D eigenvalue weighted by molar-refractivity contribution is 5.67. The van der Waals surface area contributed by atoms with Crippen LogP contribution in [0.2, 0.25) is 0 Å². The van der Waals surface area contributed by atoms with Gasteiger partial charge < -0.3 is 9.84 Å². The fourth-order valence-electron chi connectivity index (χ4n) is 1.33. The predicted molar refractivity (Wildman–Crippen MR) is 53.0 cm³/mol. The van der Waals surface area contributed by atoms with Crippen molar-refractivity contribution in [3.8, 4) is 0 Å². The molecule has 0 aliphatic heterocycles. The molecule has 0 saturated carbocycles. The molecule has 0 unspecified atom stereocenters. The summed E-state index contributed by atoms with van der Waals surface area (Å²) in [4.78, 5) is 10.3. The average Bonchev–Trinajstić information content (AvgIpc) is 2.24. The van der Waals surface area contributed by atoms with Crippen molar-refractivity contribution in [2.75, 3.05) is 7.11 Å². The molecule has 0 atom stereocenters. The largest absolute Gasteiger partial charge is 0.481 e. The summed E-state index contributed by atoms with van der Waals surface area (Å²) in [6, 6.07) is 2.79. The van der Waals surface area contributed by atoms with Gasteiger partial charge in [0.05, 0.1) is 6.61 Å². The van der Waals surface area contributed by atoms with Crippen molar-refractivity contribution < 1.29 is 23.4 Å². The van der Waals surface area contributed by atoms with E-state index in [1.54, 1.807) is 0 Å². The van der Waals surface area contributed by atoms with Crippen molar-refractivity contribution in [3.05, 3.63) is 34.9 Å². The molecule has 3 nitrogen and oxygen atoms in total. The first-order chi connectivity index (χ1) is 7.56. The number of aliphatic carboxylic acids is 1. The summed E-state index contributed by atoms with van der Waals surface area (Å²) >= 11 is 0. The zero-order valence-electron chi connectivity index (χ0n) is 8.80. The van der Waals surface area contributed by atoms with E-state index in [2.05, 4.69) is 0 Å². The van der Waals surface area contributed by atoms with Gasteiger partial charge >= 0.3 is 5.97 Å². The van der Waals surface area contributed by atoms with Gasteiger partial charge in [0.15, 0.2) is 11.6 Å². The molecular weight excluding hydrogens is 218 g/mol. The number of carboxylic acid groups (broad SMARTS) is 1. The first-order valence-electron chi connectivity index (χ1n) is 4.72. The standard InChI is InChI=1S/C11H12F2O3/c1-16-6-8-3-2-7(4-5-9(14)15)10(12)11(8)13/h2-3H,4-6H2,1H3,(H,14,15). The molecule has 0 radical (unpaired) electrons. The lowest BCUT2D eigenvalue weighted by Gasteiger charge is -2.06. The van der Waals surface area contributed by atoms with Gasteiger partial charge in [0.1, 0.15) is 0 Å². The van der Waals surface area contributed by atoms with Crippen LogP contribution in [0.15, 0.2) is 12.1 Å². The van der Waals surface area contributed by atoms with Crippen LogP contribution in [-0.4, -0.2) is 18.2 Å². The van der Waals surface area contributed by atoms with Gasteiger partial charge in [-0.3, -0.25) is 4.79 Å². The molecule has 1 rings (SSSR count). The monoisotopic (exact) mass is 230 g/mol. The molecule has 1 aromatic rings. The van der Waals surface area contributed by atoms with Gasteiger partial charge in [0.2, 0.25) is 0 Å². The third kappa shape index (κ3) is 3.00. The summed E-state index contributed by atoms with van der Waals surface area (Å²) in [7, 11) is 1.38. The van der Waals surface area contributed by atoms with Crippen molar-refractivity contribution >= 4 is 5.97 Å². The molecule has 16 heavy (non-hydrogen) atoms. The molecule has 0 spiro atoms. The van der Waals surface area contributed by atoms with Gasteiger partial charge in [-0.1, -0.05) is 12.1 Å². The zero-order chi connectivity index (χ0) is 12.1. The maximum absolute atomic E-state index is 13.4. The maximum atomic E-state index is 13.4. The van der Waals surface area contributed by atoms with Crippen LogP contribution in [-0.2, 0) is 22.6 Å². The van der Waals surface area contributed by atoms with Gasteiger partial charge in [-0.2, -0.15) is 0 Å². The molecule has 0 aromatic heterocycles. The number of halogens is 2. The molecular formula is C11H12F2O3. The second-order valence-electron chi connectivity index (χ2n) is 3.34. The second-order valence-corrected chi connectivity index (χ2v) is 3.34. The van der Waals surface area contributed by atoms with Crippen molar-refractivity contribution in [2.24, 2.45) is 0 Å². The van der Waals surface area contributed by atoms with E-state index in [-0.39, 0.29) is 30.6 Å². The Balaban J connectivity index is 2.88. The summed E-state index contributed by atoms with van der Waals surface area (Å²) in [5.74, 6) is -3.00. The number of methoxy groups -OCH3 is 1. The SMILES string of the molecule is COCc1ccc(CCC(=O)O)c(F)c1F. The molecule has 0 fully saturated rings. The summed E-state index contributed by atoms with van der Waals surface area (Å²) in [5.41, 5.74) is 0.193. The Morgan fingerprint density at radius 3 is 2.44 bits per heavy atom. The van der Waals surface area contributed by atoms with Crippen LogP contribution in [0.25, 0.3) is 0 Å². The fourth-order valence-corrected chi connectivity index (χ4v) is 1.33. The number of rotatable bonds is 5. The van der Waals surface area contributed by atoms with Crippen LogP contribution >= 0.6 is 0 Å². The number of benzene rings is 1.